The van der Waals surface area contributed by atoms with Gasteiger partial charge in [-0.25, -0.2) is 0 Å². The monoisotopic (exact) mass is 978 g/mol. The van der Waals surface area contributed by atoms with Crippen molar-refractivity contribution in [2.45, 2.75) is 11.8 Å². The van der Waals surface area contributed by atoms with Crippen LogP contribution in [0, 0.1) is 14.3 Å². The summed E-state index contributed by atoms with van der Waals surface area (Å²) < 4.78 is 3.09. The van der Waals surface area contributed by atoms with Gasteiger partial charge >= 0.3 is 0 Å². The Balaban J connectivity index is 1.63. The third kappa shape index (κ3) is 6.33. The lowest BCUT2D eigenvalue weighted by Gasteiger charge is -2.23. The molecule has 5 rings (SSSR count). The van der Waals surface area contributed by atoms with Gasteiger partial charge in [0.2, 0.25) is 0 Å². The Bertz CT molecular complexity index is 1470. The summed E-state index contributed by atoms with van der Waals surface area (Å²) in [7, 11) is 0. The topological polar surface area (TPSA) is 80.9 Å². The van der Waals surface area contributed by atoms with Crippen LogP contribution in [0.1, 0.15) is 45.2 Å². The fourth-order valence-electron chi connectivity index (χ4n) is 4.85. The Morgan fingerprint density at radius 3 is 0.725 bits per heavy atom. The first-order chi connectivity index (χ1) is 19.1. The largest absolute Gasteiger partial charge is 0.507 e. The molecule has 0 aliphatic heterocycles. The third-order valence-corrected chi connectivity index (χ3v) is 10.3. The predicted octanol–water partition coefficient (Wildman–Crippen LogP) is 9.29. The van der Waals surface area contributed by atoms with Crippen molar-refractivity contribution in [1.82, 2.24) is 0 Å². The van der Waals surface area contributed by atoms with Gasteiger partial charge in [-0.3, -0.25) is 0 Å². The molecule has 0 saturated heterocycles. The zero-order valence-corrected chi connectivity index (χ0v) is 29.3. The van der Waals surface area contributed by atoms with Crippen LogP contribution in [-0.2, 0) is 0 Å². The SMILES string of the molecule is Oc1ccc(C(c2ccc(C(c3ccc(O)c(I)c3)c3ccc(O)c(I)c3)cc2)c2ccc(O)c(I)c2)cc1I. The summed E-state index contributed by atoms with van der Waals surface area (Å²) >= 11 is 8.57. The van der Waals surface area contributed by atoms with Gasteiger partial charge in [-0.2, -0.15) is 0 Å². The zero-order chi connectivity index (χ0) is 28.6. The molecule has 0 fully saturated rings. The number of hydrogen-bond acceptors (Lipinski definition) is 4. The van der Waals surface area contributed by atoms with Crippen molar-refractivity contribution in [2.75, 3.05) is 0 Å². The lowest BCUT2D eigenvalue weighted by atomic mass is 9.81. The number of hydrogen-bond donors (Lipinski definition) is 4. The highest BCUT2D eigenvalue weighted by Gasteiger charge is 2.22. The molecule has 0 unspecified atom stereocenters. The molecule has 0 aromatic heterocycles. The molecule has 5 aromatic rings. The van der Waals surface area contributed by atoms with Crippen molar-refractivity contribution in [3.63, 3.8) is 0 Å². The molecule has 0 spiro atoms. The molecule has 0 amide bonds. The van der Waals surface area contributed by atoms with Crippen LogP contribution in [0.4, 0.5) is 0 Å². The van der Waals surface area contributed by atoms with E-state index >= 15 is 0 Å². The lowest BCUT2D eigenvalue weighted by Crippen LogP contribution is -2.07. The van der Waals surface area contributed by atoms with Crippen molar-refractivity contribution in [3.05, 3.63) is 145 Å². The van der Waals surface area contributed by atoms with E-state index in [0.717, 1.165) is 47.7 Å². The van der Waals surface area contributed by atoms with Crippen molar-refractivity contribution >= 4 is 90.4 Å². The molecule has 4 N–H and O–H groups in total. The minimum Gasteiger partial charge on any atom is -0.507 e. The molecular formula is C32H22I4O4. The van der Waals surface area contributed by atoms with Gasteiger partial charge in [0.1, 0.15) is 23.0 Å². The van der Waals surface area contributed by atoms with Crippen LogP contribution in [0.3, 0.4) is 0 Å². The molecule has 40 heavy (non-hydrogen) atoms. The number of halogens is 4. The average molecular weight is 978 g/mol. The van der Waals surface area contributed by atoms with Crippen molar-refractivity contribution in [3.8, 4) is 23.0 Å². The Labute approximate surface area is 287 Å². The quantitative estimate of drug-likeness (QED) is 0.101. The first kappa shape index (κ1) is 29.7. The van der Waals surface area contributed by atoms with E-state index in [1.807, 2.05) is 48.5 Å². The fourth-order valence-corrected chi connectivity index (χ4v) is 7.00. The van der Waals surface area contributed by atoms with E-state index in [2.05, 4.69) is 115 Å². The number of phenols is 4. The minimum atomic E-state index is -0.111. The summed E-state index contributed by atoms with van der Waals surface area (Å²) in [6.45, 7) is 0. The van der Waals surface area contributed by atoms with E-state index in [9.17, 15) is 20.4 Å². The van der Waals surface area contributed by atoms with Crippen molar-refractivity contribution in [2.24, 2.45) is 0 Å². The van der Waals surface area contributed by atoms with E-state index in [1.54, 1.807) is 24.3 Å². The van der Waals surface area contributed by atoms with Crippen LogP contribution >= 0.6 is 90.4 Å². The smallest absolute Gasteiger partial charge is 0.128 e. The maximum Gasteiger partial charge on any atom is 0.128 e. The Kier molecular flexibility index (Phi) is 9.37. The summed E-state index contributed by atoms with van der Waals surface area (Å²) in [5.74, 6) is 0.754. The summed E-state index contributed by atoms with van der Waals surface area (Å²) in [6.07, 6.45) is 0. The highest BCUT2D eigenvalue weighted by Crippen LogP contribution is 2.40. The second kappa shape index (κ2) is 12.6. The standard InChI is InChI=1S/C32H22I4O4/c33-23-13-19(5-9-27(23)37)31(20-6-10-28(38)24(34)14-20)17-1-2-18(4-3-17)32(21-7-11-29(39)25(35)15-21)22-8-12-30(40)26(36)16-22/h1-16,31-32,37-40H. The van der Waals surface area contributed by atoms with Crippen molar-refractivity contribution < 1.29 is 20.4 Å². The van der Waals surface area contributed by atoms with Crippen LogP contribution in [-0.4, -0.2) is 20.4 Å². The van der Waals surface area contributed by atoms with Crippen LogP contribution in [0.15, 0.2) is 97.1 Å². The Hall–Kier alpha value is -1.78. The maximum atomic E-state index is 10.2. The molecule has 5 aromatic carbocycles. The fraction of sp³-hybridized carbons (Fsp3) is 0.0625. The van der Waals surface area contributed by atoms with Gasteiger partial charge in [0, 0.05) is 11.8 Å². The lowest BCUT2D eigenvalue weighted by molar-refractivity contribution is 0.470. The molecular weight excluding hydrogens is 956 g/mol. The number of phenolic OH excluding ortho intramolecular Hbond substituents is 4. The van der Waals surface area contributed by atoms with Gasteiger partial charge in [0.25, 0.3) is 0 Å². The Morgan fingerprint density at radius 1 is 0.325 bits per heavy atom. The molecule has 0 saturated carbocycles. The highest BCUT2D eigenvalue weighted by molar-refractivity contribution is 14.1. The molecule has 8 heteroatoms. The average Bonchev–Trinajstić information content (AvgIpc) is 2.93. The molecule has 0 bridgehead atoms. The van der Waals surface area contributed by atoms with E-state index in [4.69, 9.17) is 0 Å². The predicted molar refractivity (Wildman–Crippen MR) is 192 cm³/mol. The number of rotatable bonds is 6. The van der Waals surface area contributed by atoms with E-state index in [0.29, 0.717) is 0 Å². The highest BCUT2D eigenvalue weighted by atomic mass is 127. The number of benzene rings is 5. The van der Waals surface area contributed by atoms with Gasteiger partial charge in [-0.05, 0) is 172 Å². The first-order valence-electron chi connectivity index (χ1n) is 12.2. The molecule has 0 radical (unpaired) electrons. The van der Waals surface area contributed by atoms with Gasteiger partial charge in [-0.1, -0.05) is 48.5 Å². The van der Waals surface area contributed by atoms with Crippen molar-refractivity contribution in [1.29, 1.82) is 0 Å². The third-order valence-electron chi connectivity index (χ3n) is 6.82. The second-order valence-corrected chi connectivity index (χ2v) is 14.0. The maximum absolute atomic E-state index is 10.2. The molecule has 0 atom stereocenters. The summed E-state index contributed by atoms with van der Waals surface area (Å²) in [5, 5.41) is 40.6. The van der Waals surface area contributed by atoms with Gasteiger partial charge in [0.15, 0.2) is 0 Å². The van der Waals surface area contributed by atoms with E-state index < -0.39 is 0 Å². The van der Waals surface area contributed by atoms with Gasteiger partial charge in [0.05, 0.1) is 14.3 Å². The molecule has 0 aliphatic carbocycles. The minimum absolute atomic E-state index is 0.111. The molecule has 4 nitrogen and oxygen atoms in total. The van der Waals surface area contributed by atoms with E-state index in [1.165, 1.54) is 0 Å². The molecule has 0 aliphatic rings. The summed E-state index contributed by atoms with van der Waals surface area (Å²) in [5.41, 5.74) is 6.30. The normalized spacial score (nSPS) is 11.3. The molecule has 202 valence electrons. The van der Waals surface area contributed by atoms with E-state index in [-0.39, 0.29) is 34.8 Å². The Morgan fingerprint density at radius 2 is 0.525 bits per heavy atom. The summed E-state index contributed by atoms with van der Waals surface area (Å²) in [4.78, 5) is 0. The second-order valence-electron chi connectivity index (χ2n) is 9.38. The first-order valence-corrected chi connectivity index (χ1v) is 16.5. The van der Waals surface area contributed by atoms with Crippen LogP contribution in [0.5, 0.6) is 23.0 Å². The van der Waals surface area contributed by atoms with Crippen LogP contribution in [0.2, 0.25) is 0 Å². The van der Waals surface area contributed by atoms with Gasteiger partial charge < -0.3 is 20.4 Å². The zero-order valence-electron chi connectivity index (χ0n) is 20.7. The van der Waals surface area contributed by atoms with Crippen LogP contribution < -0.4 is 0 Å². The van der Waals surface area contributed by atoms with Crippen LogP contribution in [0.25, 0.3) is 0 Å². The summed E-state index contributed by atoms with van der Waals surface area (Å²) in [6, 6.07) is 31.1. The number of aromatic hydroxyl groups is 4. The molecule has 0 heterocycles. The van der Waals surface area contributed by atoms with Gasteiger partial charge in [-0.15, -0.1) is 0 Å².